The predicted octanol–water partition coefficient (Wildman–Crippen LogP) is 0.217. The number of nitrogens with zero attached hydrogens (tertiary/aromatic N) is 1. The highest BCUT2D eigenvalue weighted by Gasteiger charge is 2.40. The molecule has 0 spiro atoms. The highest BCUT2D eigenvalue weighted by Crippen LogP contribution is 2.20. The summed E-state index contributed by atoms with van der Waals surface area (Å²) in [6, 6.07) is 3.41. The molecule has 3 amide bonds. The van der Waals surface area contributed by atoms with Gasteiger partial charge in [0.15, 0.2) is 0 Å². The van der Waals surface area contributed by atoms with E-state index in [1.54, 1.807) is 6.20 Å². The third-order valence-corrected chi connectivity index (χ3v) is 7.21. The summed E-state index contributed by atoms with van der Waals surface area (Å²) in [4.78, 5) is 55.0. The van der Waals surface area contributed by atoms with Gasteiger partial charge in [-0.2, -0.15) is 11.8 Å². The number of hydrogen-bond donors (Lipinski definition) is 6. The summed E-state index contributed by atoms with van der Waals surface area (Å²) < 4.78 is 0. The van der Waals surface area contributed by atoms with Crippen molar-refractivity contribution < 1.29 is 29.4 Å². The minimum atomic E-state index is -1.35. The number of rotatable bonds is 12. The van der Waals surface area contributed by atoms with Gasteiger partial charge in [-0.15, -0.1) is 0 Å². The number of benzene rings is 1. The van der Waals surface area contributed by atoms with Gasteiger partial charge in [0.1, 0.15) is 18.1 Å². The maximum atomic E-state index is 13.2. The second kappa shape index (κ2) is 12.9. The molecular weight excluding hydrogens is 498 g/mol. The number of carboxylic acids is 1. The number of para-hydroxylation sites is 1. The number of carbonyl (C=O) groups is 4. The largest absolute Gasteiger partial charge is 0.480 e. The van der Waals surface area contributed by atoms with Crippen LogP contribution in [-0.4, -0.2) is 92.6 Å². The summed E-state index contributed by atoms with van der Waals surface area (Å²) in [5.41, 5.74) is 7.99. The first-order valence-corrected chi connectivity index (χ1v) is 13.6. The summed E-state index contributed by atoms with van der Waals surface area (Å²) in [5, 5.41) is 25.8. The van der Waals surface area contributed by atoms with Gasteiger partial charge < -0.3 is 36.5 Å². The van der Waals surface area contributed by atoms with Crippen molar-refractivity contribution in [2.24, 2.45) is 5.73 Å². The van der Waals surface area contributed by atoms with Gasteiger partial charge in [0.25, 0.3) is 0 Å². The number of likely N-dealkylation sites (tertiary alicyclic amines) is 1. The molecule has 1 aromatic heterocycles. The van der Waals surface area contributed by atoms with E-state index in [1.807, 2.05) is 30.5 Å². The molecule has 1 aliphatic heterocycles. The summed E-state index contributed by atoms with van der Waals surface area (Å²) in [5.74, 6) is -2.41. The van der Waals surface area contributed by atoms with E-state index in [9.17, 15) is 29.4 Å². The number of amides is 3. The second-order valence-corrected chi connectivity index (χ2v) is 10.3. The van der Waals surface area contributed by atoms with Crippen molar-refractivity contribution in [1.82, 2.24) is 20.5 Å². The number of hydrogen-bond acceptors (Lipinski definition) is 7. The number of thioether (sulfide) groups is 1. The Morgan fingerprint density at radius 2 is 1.95 bits per heavy atom. The van der Waals surface area contributed by atoms with Crippen molar-refractivity contribution in [2.75, 3.05) is 18.6 Å². The molecule has 5 unspecified atom stereocenters. The number of nitrogens with two attached hydrogens (primary N) is 1. The van der Waals surface area contributed by atoms with Crippen LogP contribution in [0.3, 0.4) is 0 Å². The van der Waals surface area contributed by atoms with Crippen LogP contribution in [0, 0.1) is 0 Å². The van der Waals surface area contributed by atoms with Gasteiger partial charge in [-0.25, -0.2) is 4.79 Å². The highest BCUT2D eigenvalue weighted by atomic mass is 32.2. The zero-order valence-corrected chi connectivity index (χ0v) is 21.8. The molecule has 3 rings (SSSR count). The molecule has 1 saturated heterocycles. The van der Waals surface area contributed by atoms with Crippen LogP contribution in [-0.2, 0) is 25.6 Å². The van der Waals surface area contributed by atoms with Crippen molar-refractivity contribution in [3.63, 3.8) is 0 Å². The normalized spacial score (nSPS) is 18.7. The first-order chi connectivity index (χ1) is 17.6. The maximum absolute atomic E-state index is 13.2. The lowest BCUT2D eigenvalue weighted by atomic mass is 10.0. The van der Waals surface area contributed by atoms with Crippen LogP contribution in [0.4, 0.5) is 0 Å². The van der Waals surface area contributed by atoms with Gasteiger partial charge in [0, 0.05) is 23.6 Å². The Morgan fingerprint density at radius 3 is 2.62 bits per heavy atom. The molecule has 37 heavy (non-hydrogen) atoms. The number of carbonyl (C=O) groups excluding carboxylic acids is 3. The van der Waals surface area contributed by atoms with Gasteiger partial charge in [0.2, 0.25) is 17.7 Å². The Balaban J connectivity index is 1.68. The van der Waals surface area contributed by atoms with E-state index in [2.05, 4.69) is 15.6 Å². The smallest absolute Gasteiger partial charge is 0.326 e. The molecule has 202 valence electrons. The lowest BCUT2D eigenvalue weighted by Gasteiger charge is -2.30. The second-order valence-electron chi connectivity index (χ2n) is 9.27. The fourth-order valence-corrected chi connectivity index (χ4v) is 4.99. The van der Waals surface area contributed by atoms with Crippen LogP contribution in [0.15, 0.2) is 30.5 Å². The molecule has 0 aliphatic carbocycles. The van der Waals surface area contributed by atoms with Crippen LogP contribution in [0.1, 0.15) is 31.7 Å². The number of carboxylic acid groups (broad SMARTS) is 1. The van der Waals surface area contributed by atoms with Gasteiger partial charge in [-0.3, -0.25) is 14.4 Å². The predicted molar refractivity (Wildman–Crippen MR) is 141 cm³/mol. The number of nitrogens with one attached hydrogen (secondary N) is 3. The summed E-state index contributed by atoms with van der Waals surface area (Å²) >= 11 is 1.49. The van der Waals surface area contributed by atoms with E-state index in [1.165, 1.54) is 23.6 Å². The maximum Gasteiger partial charge on any atom is 0.326 e. The van der Waals surface area contributed by atoms with Crippen LogP contribution in [0.2, 0.25) is 0 Å². The molecule has 0 radical (unpaired) electrons. The number of H-pyrrole nitrogens is 1. The van der Waals surface area contributed by atoms with Crippen molar-refractivity contribution in [1.29, 1.82) is 0 Å². The molecular formula is C25H35N5O6S. The Labute approximate surface area is 219 Å². The molecule has 5 atom stereocenters. The van der Waals surface area contributed by atoms with Gasteiger partial charge >= 0.3 is 5.97 Å². The van der Waals surface area contributed by atoms with Gasteiger partial charge in [-0.05, 0) is 56.2 Å². The summed E-state index contributed by atoms with van der Waals surface area (Å²) in [6.45, 7) is 1.57. The first-order valence-electron chi connectivity index (χ1n) is 12.3. The fourth-order valence-electron chi connectivity index (χ4n) is 4.52. The van der Waals surface area contributed by atoms with Crippen molar-refractivity contribution >= 4 is 46.4 Å². The average Bonchev–Trinajstić information content (AvgIpc) is 3.52. The zero-order valence-electron chi connectivity index (χ0n) is 21.0. The van der Waals surface area contributed by atoms with Gasteiger partial charge in [-0.1, -0.05) is 18.2 Å². The SMILES string of the molecule is CSCCC(NC(=O)C(N)Cc1c[nH]c2ccccc12)C(=O)NC(C(=O)N1CCCC1C(=O)O)C(C)O. The van der Waals surface area contributed by atoms with E-state index < -0.39 is 54.0 Å². The number of aliphatic hydroxyl groups excluding tert-OH is 1. The monoisotopic (exact) mass is 533 g/mol. The fraction of sp³-hybridized carbons (Fsp3) is 0.520. The Hall–Kier alpha value is -3.09. The average molecular weight is 534 g/mol. The first kappa shape index (κ1) is 28.5. The molecule has 0 saturated carbocycles. The molecule has 11 nitrogen and oxygen atoms in total. The zero-order chi connectivity index (χ0) is 27.1. The molecule has 1 fully saturated rings. The summed E-state index contributed by atoms with van der Waals surface area (Å²) in [7, 11) is 0. The highest BCUT2D eigenvalue weighted by molar-refractivity contribution is 7.98. The Bertz CT molecular complexity index is 1120. The minimum Gasteiger partial charge on any atom is -0.480 e. The molecule has 1 aromatic carbocycles. The molecule has 2 aromatic rings. The number of aliphatic carboxylic acids is 1. The topological polar surface area (TPSA) is 178 Å². The van der Waals surface area contributed by atoms with Crippen LogP contribution in [0.25, 0.3) is 10.9 Å². The number of aromatic amines is 1. The standard InChI is InChI=1S/C25H35N5O6S/c1-14(31)21(24(34)30-10-5-8-20(30)25(35)36)29-23(33)19(9-11-37-2)28-22(32)17(26)12-15-13-27-18-7-4-3-6-16(15)18/h3-4,6-7,13-14,17,19-21,27,31H,5,8-12,26H2,1-2H3,(H,28,32)(H,29,33)(H,35,36). The van der Waals surface area contributed by atoms with Crippen molar-refractivity contribution in [2.45, 2.75) is 62.9 Å². The van der Waals surface area contributed by atoms with Crippen LogP contribution < -0.4 is 16.4 Å². The van der Waals surface area contributed by atoms with Crippen molar-refractivity contribution in [3.05, 3.63) is 36.0 Å². The number of fused-ring (bicyclic) bond motifs is 1. The quantitative estimate of drug-likeness (QED) is 0.224. The molecule has 12 heteroatoms. The Morgan fingerprint density at radius 1 is 1.22 bits per heavy atom. The van der Waals surface area contributed by atoms with E-state index in [4.69, 9.17) is 5.73 Å². The van der Waals surface area contributed by atoms with E-state index in [0.717, 1.165) is 16.5 Å². The summed E-state index contributed by atoms with van der Waals surface area (Å²) in [6.07, 6.45) is 3.76. The number of aromatic nitrogens is 1. The third kappa shape index (κ3) is 7.02. The molecule has 0 bridgehead atoms. The molecule has 1 aliphatic rings. The van der Waals surface area contributed by atoms with Gasteiger partial charge in [0.05, 0.1) is 12.1 Å². The number of aliphatic hydroxyl groups is 1. The van der Waals surface area contributed by atoms with E-state index in [-0.39, 0.29) is 19.4 Å². The van der Waals surface area contributed by atoms with Crippen LogP contribution in [0.5, 0.6) is 0 Å². The lowest BCUT2D eigenvalue weighted by molar-refractivity contribution is -0.150. The molecule has 7 N–H and O–H groups in total. The lowest BCUT2D eigenvalue weighted by Crippen LogP contribution is -2.60. The van der Waals surface area contributed by atoms with Crippen LogP contribution >= 0.6 is 11.8 Å². The Kier molecular flexibility index (Phi) is 9.95. The van der Waals surface area contributed by atoms with E-state index in [0.29, 0.717) is 18.6 Å². The third-order valence-electron chi connectivity index (χ3n) is 6.56. The molecule has 2 heterocycles. The minimum absolute atomic E-state index is 0.226. The van der Waals surface area contributed by atoms with E-state index >= 15 is 0 Å². The van der Waals surface area contributed by atoms with Crippen molar-refractivity contribution in [3.8, 4) is 0 Å².